The number of nitrogens with zero attached hydrogens (tertiary/aromatic N) is 1. The van der Waals surface area contributed by atoms with Gasteiger partial charge in [0, 0.05) is 25.7 Å². The maximum absolute atomic E-state index is 6.36. The molecule has 1 aromatic carbocycles. The van der Waals surface area contributed by atoms with Gasteiger partial charge in [-0.25, -0.2) is 0 Å². The van der Waals surface area contributed by atoms with Gasteiger partial charge in [-0.1, -0.05) is 39.8 Å². The van der Waals surface area contributed by atoms with Crippen LogP contribution in [0.2, 0.25) is 0 Å². The molecular weight excluding hydrogens is 248 g/mol. The van der Waals surface area contributed by atoms with E-state index >= 15 is 0 Å². The Morgan fingerprint density at radius 2 is 1.45 bits per heavy atom. The van der Waals surface area contributed by atoms with Gasteiger partial charge in [0.1, 0.15) is 5.75 Å². The number of hydrogen-bond donors (Lipinski definition) is 1. The van der Waals surface area contributed by atoms with Gasteiger partial charge in [-0.05, 0) is 29.5 Å². The Labute approximate surface area is 124 Å². The second-order valence-corrected chi connectivity index (χ2v) is 6.39. The van der Waals surface area contributed by atoms with Crippen molar-refractivity contribution in [2.24, 2.45) is 17.6 Å². The quantitative estimate of drug-likeness (QED) is 0.793. The van der Waals surface area contributed by atoms with E-state index in [0.717, 1.165) is 25.4 Å². The number of benzene rings is 1. The maximum Gasteiger partial charge on any atom is 0.118 e. The molecule has 114 valence electrons. The minimum absolute atomic E-state index is 0.0541. The molecule has 0 spiro atoms. The Morgan fingerprint density at radius 1 is 0.950 bits per heavy atom. The summed E-state index contributed by atoms with van der Waals surface area (Å²) in [5, 5.41) is 0. The molecule has 1 atom stereocenters. The summed E-state index contributed by atoms with van der Waals surface area (Å²) in [5.74, 6) is 2.20. The van der Waals surface area contributed by atoms with Crippen molar-refractivity contribution in [3.8, 4) is 5.75 Å². The van der Waals surface area contributed by atoms with Gasteiger partial charge in [0.05, 0.1) is 7.11 Å². The van der Waals surface area contributed by atoms with Crippen molar-refractivity contribution >= 4 is 0 Å². The van der Waals surface area contributed by atoms with Gasteiger partial charge in [0.25, 0.3) is 0 Å². The van der Waals surface area contributed by atoms with Crippen LogP contribution >= 0.6 is 0 Å². The monoisotopic (exact) mass is 278 g/mol. The van der Waals surface area contributed by atoms with E-state index in [1.807, 2.05) is 12.1 Å². The van der Waals surface area contributed by atoms with Gasteiger partial charge in [-0.15, -0.1) is 0 Å². The van der Waals surface area contributed by atoms with E-state index in [9.17, 15) is 0 Å². The zero-order valence-electron chi connectivity index (χ0n) is 13.6. The first-order valence-corrected chi connectivity index (χ1v) is 7.54. The highest BCUT2D eigenvalue weighted by Crippen LogP contribution is 2.18. The maximum atomic E-state index is 6.36. The average molecular weight is 278 g/mol. The van der Waals surface area contributed by atoms with E-state index in [4.69, 9.17) is 10.5 Å². The van der Waals surface area contributed by atoms with Gasteiger partial charge < -0.3 is 15.4 Å². The first kappa shape index (κ1) is 17.0. The van der Waals surface area contributed by atoms with Crippen LogP contribution in [0.1, 0.15) is 39.3 Å². The van der Waals surface area contributed by atoms with Crippen molar-refractivity contribution in [1.29, 1.82) is 0 Å². The molecular formula is C17H30N2O. The van der Waals surface area contributed by atoms with E-state index in [1.165, 1.54) is 5.56 Å². The number of ether oxygens (including phenoxy) is 1. The molecule has 3 nitrogen and oxygen atoms in total. The van der Waals surface area contributed by atoms with Crippen LogP contribution in [0.3, 0.4) is 0 Å². The summed E-state index contributed by atoms with van der Waals surface area (Å²) in [6.45, 7) is 12.1. The van der Waals surface area contributed by atoms with Crippen LogP contribution in [0, 0.1) is 11.8 Å². The summed E-state index contributed by atoms with van der Waals surface area (Å²) in [6, 6.07) is 8.13. The molecule has 0 aromatic heterocycles. The molecule has 0 fully saturated rings. The molecule has 1 aromatic rings. The molecule has 0 aliphatic rings. The van der Waals surface area contributed by atoms with E-state index in [2.05, 4.69) is 44.7 Å². The van der Waals surface area contributed by atoms with Gasteiger partial charge in [0.15, 0.2) is 0 Å². The van der Waals surface area contributed by atoms with Crippen molar-refractivity contribution in [3.05, 3.63) is 29.8 Å². The van der Waals surface area contributed by atoms with E-state index in [1.54, 1.807) is 7.11 Å². The lowest BCUT2D eigenvalue weighted by Gasteiger charge is -2.29. The third kappa shape index (κ3) is 5.93. The van der Waals surface area contributed by atoms with Crippen molar-refractivity contribution in [2.75, 3.05) is 26.7 Å². The minimum atomic E-state index is 0.0541. The van der Waals surface area contributed by atoms with Gasteiger partial charge in [-0.3, -0.25) is 0 Å². The van der Waals surface area contributed by atoms with E-state index < -0.39 is 0 Å². The molecule has 0 bridgehead atoms. The van der Waals surface area contributed by atoms with Crippen LogP contribution in [-0.4, -0.2) is 31.6 Å². The predicted octanol–water partition coefficient (Wildman–Crippen LogP) is 3.31. The van der Waals surface area contributed by atoms with Crippen molar-refractivity contribution in [3.63, 3.8) is 0 Å². The third-order valence-electron chi connectivity index (χ3n) is 3.25. The largest absolute Gasteiger partial charge is 0.497 e. The van der Waals surface area contributed by atoms with Crippen LogP contribution in [0.15, 0.2) is 24.3 Å². The number of nitrogens with two attached hydrogens (primary N) is 1. The summed E-state index contributed by atoms with van der Waals surface area (Å²) in [4.78, 5) is 2.48. The fourth-order valence-corrected chi connectivity index (χ4v) is 2.49. The number of rotatable bonds is 8. The highest BCUT2D eigenvalue weighted by molar-refractivity contribution is 5.29. The zero-order valence-corrected chi connectivity index (χ0v) is 13.6. The fraction of sp³-hybridized carbons (Fsp3) is 0.647. The molecule has 2 N–H and O–H groups in total. The lowest BCUT2D eigenvalue weighted by atomic mass is 10.1. The average Bonchev–Trinajstić information content (AvgIpc) is 2.37. The topological polar surface area (TPSA) is 38.5 Å². The standard InChI is InChI=1S/C17H30N2O/c1-13(2)10-19(11-14(3)4)12-17(18)15-6-8-16(20-5)9-7-15/h6-9,13-14,17H,10-12,18H2,1-5H3. The first-order valence-electron chi connectivity index (χ1n) is 7.54. The fourth-order valence-electron chi connectivity index (χ4n) is 2.49. The zero-order chi connectivity index (χ0) is 15.1. The van der Waals surface area contributed by atoms with Crippen molar-refractivity contribution < 1.29 is 4.74 Å². The smallest absolute Gasteiger partial charge is 0.118 e. The molecule has 20 heavy (non-hydrogen) atoms. The summed E-state index contributed by atoms with van der Waals surface area (Å²) in [7, 11) is 1.68. The normalized spacial score (nSPS) is 13.2. The molecule has 0 heterocycles. The lowest BCUT2D eigenvalue weighted by Crippen LogP contribution is -2.37. The Bertz CT molecular complexity index is 363. The highest BCUT2D eigenvalue weighted by atomic mass is 16.5. The summed E-state index contributed by atoms with van der Waals surface area (Å²) >= 11 is 0. The molecule has 0 amide bonds. The Hall–Kier alpha value is -1.06. The Balaban J connectivity index is 2.65. The van der Waals surface area contributed by atoms with Crippen LogP contribution < -0.4 is 10.5 Å². The molecule has 0 radical (unpaired) electrons. The second kappa shape index (κ2) is 8.28. The van der Waals surface area contributed by atoms with Gasteiger partial charge in [0.2, 0.25) is 0 Å². The SMILES string of the molecule is COc1ccc(C(N)CN(CC(C)C)CC(C)C)cc1. The van der Waals surface area contributed by atoms with E-state index in [0.29, 0.717) is 11.8 Å². The van der Waals surface area contributed by atoms with Crippen LogP contribution in [0.25, 0.3) is 0 Å². The van der Waals surface area contributed by atoms with Crippen molar-refractivity contribution in [1.82, 2.24) is 4.90 Å². The Morgan fingerprint density at radius 3 is 1.85 bits per heavy atom. The van der Waals surface area contributed by atoms with Crippen molar-refractivity contribution in [2.45, 2.75) is 33.7 Å². The molecule has 0 saturated carbocycles. The lowest BCUT2D eigenvalue weighted by molar-refractivity contribution is 0.207. The van der Waals surface area contributed by atoms with Crippen LogP contribution in [0.4, 0.5) is 0 Å². The highest BCUT2D eigenvalue weighted by Gasteiger charge is 2.14. The molecule has 0 aliphatic heterocycles. The first-order chi connectivity index (χ1) is 9.42. The Kier molecular flexibility index (Phi) is 7.03. The van der Waals surface area contributed by atoms with Gasteiger partial charge >= 0.3 is 0 Å². The molecule has 1 rings (SSSR count). The third-order valence-corrected chi connectivity index (χ3v) is 3.25. The molecule has 0 aliphatic carbocycles. The van der Waals surface area contributed by atoms with E-state index in [-0.39, 0.29) is 6.04 Å². The molecule has 0 saturated heterocycles. The number of methoxy groups -OCH3 is 1. The van der Waals surface area contributed by atoms with Gasteiger partial charge in [-0.2, -0.15) is 0 Å². The minimum Gasteiger partial charge on any atom is -0.497 e. The number of hydrogen-bond acceptors (Lipinski definition) is 3. The van der Waals surface area contributed by atoms with Crippen LogP contribution in [-0.2, 0) is 0 Å². The second-order valence-electron chi connectivity index (χ2n) is 6.39. The summed E-state index contributed by atoms with van der Waals surface area (Å²) in [6.07, 6.45) is 0. The van der Waals surface area contributed by atoms with Crippen LogP contribution in [0.5, 0.6) is 5.75 Å². The summed E-state index contributed by atoms with van der Waals surface area (Å²) < 4.78 is 5.18. The summed E-state index contributed by atoms with van der Waals surface area (Å²) in [5.41, 5.74) is 7.53. The molecule has 3 heteroatoms. The predicted molar refractivity (Wildman–Crippen MR) is 86.0 cm³/mol. The molecule has 1 unspecified atom stereocenters.